The van der Waals surface area contributed by atoms with Gasteiger partial charge in [-0.25, -0.2) is 4.79 Å². The highest BCUT2D eigenvalue weighted by Gasteiger charge is 2.30. The van der Waals surface area contributed by atoms with Crippen LogP contribution in [0.15, 0.2) is 6.07 Å². The summed E-state index contributed by atoms with van der Waals surface area (Å²) >= 11 is 1.52. The van der Waals surface area contributed by atoms with E-state index >= 15 is 0 Å². The Labute approximate surface area is 184 Å². The molecule has 2 aliphatic carbocycles. The van der Waals surface area contributed by atoms with Gasteiger partial charge >= 0.3 is 6.03 Å². The second kappa shape index (κ2) is 9.19. The molecule has 1 aliphatic heterocycles. The van der Waals surface area contributed by atoms with Crippen LogP contribution in [0, 0.1) is 12.3 Å². The van der Waals surface area contributed by atoms with E-state index in [1.54, 1.807) is 0 Å². The van der Waals surface area contributed by atoms with Crippen molar-refractivity contribution in [3.05, 3.63) is 28.3 Å². The molecular formula is C23H33N5OS. The molecule has 6 N–H and O–H groups in total. The Morgan fingerprint density at radius 2 is 1.83 bits per heavy atom. The zero-order chi connectivity index (χ0) is 21.1. The van der Waals surface area contributed by atoms with Gasteiger partial charge in [0.15, 0.2) is 0 Å². The predicted octanol–water partition coefficient (Wildman–Crippen LogP) is 2.54. The molecule has 1 saturated heterocycles. The Balaban J connectivity index is 1.21. The molecule has 162 valence electrons. The van der Waals surface area contributed by atoms with Gasteiger partial charge < -0.3 is 21.7 Å². The third-order valence-electron chi connectivity index (χ3n) is 6.58. The first-order valence-electron chi connectivity index (χ1n) is 11.1. The number of amides is 2. The maximum atomic E-state index is 12.6. The molecule has 1 heterocycles. The van der Waals surface area contributed by atoms with Crippen LogP contribution >= 0.6 is 11.9 Å². The molecule has 0 aromatic heterocycles. The summed E-state index contributed by atoms with van der Waals surface area (Å²) in [5.74, 6) is 2.60. The van der Waals surface area contributed by atoms with E-state index in [0.717, 1.165) is 57.4 Å². The molecule has 7 heteroatoms. The van der Waals surface area contributed by atoms with E-state index in [0.29, 0.717) is 18.1 Å². The molecule has 0 unspecified atom stereocenters. The number of hydrogen-bond donors (Lipinski definition) is 4. The van der Waals surface area contributed by atoms with E-state index in [9.17, 15) is 4.79 Å². The zero-order valence-corrected chi connectivity index (χ0v) is 18.5. The van der Waals surface area contributed by atoms with Gasteiger partial charge in [0.25, 0.3) is 0 Å². The van der Waals surface area contributed by atoms with E-state index in [-0.39, 0.29) is 6.03 Å². The van der Waals surface area contributed by atoms with Gasteiger partial charge in [0.1, 0.15) is 0 Å². The molecule has 0 saturated carbocycles. The van der Waals surface area contributed by atoms with Gasteiger partial charge in [-0.05, 0) is 85.6 Å². The third kappa shape index (κ3) is 4.94. The lowest BCUT2D eigenvalue weighted by atomic mass is 9.99. The first-order chi connectivity index (χ1) is 14.4. The molecule has 1 aromatic carbocycles. The number of carbonyl (C=O) groups is 1. The Bertz CT molecular complexity index is 809. The maximum Gasteiger partial charge on any atom is 0.329 e. The van der Waals surface area contributed by atoms with E-state index in [2.05, 4.69) is 26.9 Å². The van der Waals surface area contributed by atoms with Crippen LogP contribution in [-0.4, -0.2) is 41.5 Å². The van der Waals surface area contributed by atoms with Gasteiger partial charge in [-0.3, -0.25) is 4.72 Å². The average Bonchev–Trinajstić information content (AvgIpc) is 3.33. The molecule has 1 fully saturated rings. The SMILES string of the molecule is C#CCCC(N)(N)CCN1CC(SNC(=O)Nc2c3c(cc4c2CCC4)CCC3)C1. The second-order valence-corrected chi connectivity index (χ2v) is 10.1. The van der Waals surface area contributed by atoms with Crippen molar-refractivity contribution in [2.75, 3.05) is 25.0 Å². The topological polar surface area (TPSA) is 96.4 Å². The van der Waals surface area contributed by atoms with Crippen LogP contribution in [0.3, 0.4) is 0 Å². The van der Waals surface area contributed by atoms with E-state index in [1.807, 2.05) is 0 Å². The molecule has 0 radical (unpaired) electrons. The summed E-state index contributed by atoms with van der Waals surface area (Å²) < 4.78 is 3.00. The van der Waals surface area contributed by atoms with Crippen LogP contribution in [0.25, 0.3) is 0 Å². The fraction of sp³-hybridized carbons (Fsp3) is 0.609. The van der Waals surface area contributed by atoms with Crippen LogP contribution in [0.5, 0.6) is 0 Å². The molecule has 6 nitrogen and oxygen atoms in total. The molecule has 0 atom stereocenters. The van der Waals surface area contributed by atoms with E-state index in [1.165, 1.54) is 47.0 Å². The molecule has 3 aliphatic rings. The number of anilines is 1. The number of fused-ring (bicyclic) bond motifs is 2. The van der Waals surface area contributed by atoms with Crippen LogP contribution in [-0.2, 0) is 25.7 Å². The minimum Gasteiger partial charge on any atom is -0.313 e. The summed E-state index contributed by atoms with van der Waals surface area (Å²) in [5.41, 5.74) is 18.2. The molecular weight excluding hydrogens is 394 g/mol. The molecule has 0 spiro atoms. The number of hydrogen-bond acceptors (Lipinski definition) is 5. The number of terminal acetylenes is 1. The van der Waals surface area contributed by atoms with Crippen LogP contribution in [0.2, 0.25) is 0 Å². The number of benzene rings is 1. The second-order valence-electron chi connectivity index (χ2n) is 8.98. The van der Waals surface area contributed by atoms with Crippen molar-refractivity contribution in [2.45, 2.75) is 68.7 Å². The van der Waals surface area contributed by atoms with Gasteiger partial charge in [-0.2, -0.15) is 0 Å². The summed E-state index contributed by atoms with van der Waals surface area (Å²) in [6.45, 7) is 2.74. The summed E-state index contributed by atoms with van der Waals surface area (Å²) in [6, 6.07) is 2.28. The number of urea groups is 1. The van der Waals surface area contributed by atoms with E-state index in [4.69, 9.17) is 17.9 Å². The number of nitrogens with two attached hydrogens (primary N) is 2. The number of carbonyl (C=O) groups excluding carboxylic acids is 1. The molecule has 2 amide bonds. The fourth-order valence-electron chi connectivity index (χ4n) is 4.82. The van der Waals surface area contributed by atoms with Crippen molar-refractivity contribution in [1.29, 1.82) is 0 Å². The lowest BCUT2D eigenvalue weighted by Crippen LogP contribution is -2.55. The third-order valence-corrected chi connectivity index (χ3v) is 7.52. The number of aryl methyl sites for hydroxylation is 2. The van der Waals surface area contributed by atoms with Crippen molar-refractivity contribution in [1.82, 2.24) is 9.62 Å². The average molecular weight is 428 g/mol. The van der Waals surface area contributed by atoms with Gasteiger partial charge in [-0.15, -0.1) is 12.3 Å². The standard InChI is InChI=1S/C23H33N5OS/c1-2-3-10-23(24,25)11-12-28-14-18(15-28)30-27-22(29)26-21-19-8-4-6-16(19)13-17-7-5-9-20(17)21/h1,13,18H,3-12,14-15,24-25H2,(H2,26,27,29). The number of nitrogens with one attached hydrogen (secondary N) is 2. The first kappa shape index (κ1) is 21.5. The number of rotatable bonds is 8. The normalized spacial score (nSPS) is 18.4. The smallest absolute Gasteiger partial charge is 0.313 e. The summed E-state index contributed by atoms with van der Waals surface area (Å²) in [7, 11) is 0. The highest BCUT2D eigenvalue weighted by molar-refractivity contribution is 7.98. The summed E-state index contributed by atoms with van der Waals surface area (Å²) in [5, 5.41) is 3.59. The highest BCUT2D eigenvalue weighted by Crippen LogP contribution is 2.38. The van der Waals surface area contributed by atoms with E-state index < -0.39 is 5.66 Å². The maximum absolute atomic E-state index is 12.6. The van der Waals surface area contributed by atoms with Crippen LogP contribution in [0.1, 0.15) is 54.4 Å². The quantitative estimate of drug-likeness (QED) is 0.290. The van der Waals surface area contributed by atoms with Crippen molar-refractivity contribution < 1.29 is 4.79 Å². The minimum absolute atomic E-state index is 0.106. The Kier molecular flexibility index (Phi) is 6.59. The van der Waals surface area contributed by atoms with Crippen LogP contribution < -0.4 is 21.5 Å². The fourth-order valence-corrected chi connectivity index (χ4v) is 5.71. The first-order valence-corrected chi connectivity index (χ1v) is 12.0. The van der Waals surface area contributed by atoms with Gasteiger partial charge in [0.2, 0.25) is 0 Å². The number of likely N-dealkylation sites (tertiary alicyclic amines) is 1. The highest BCUT2D eigenvalue weighted by atomic mass is 32.2. The van der Waals surface area contributed by atoms with Gasteiger partial charge in [0, 0.05) is 31.7 Å². The molecule has 1 aromatic rings. The van der Waals surface area contributed by atoms with Gasteiger partial charge in [-0.1, -0.05) is 6.07 Å². The van der Waals surface area contributed by atoms with Crippen molar-refractivity contribution in [3.63, 3.8) is 0 Å². The molecule has 4 rings (SSSR count). The Hall–Kier alpha value is -1.72. The van der Waals surface area contributed by atoms with Crippen molar-refractivity contribution >= 4 is 23.7 Å². The minimum atomic E-state index is -0.695. The molecule has 0 bridgehead atoms. The monoisotopic (exact) mass is 427 g/mol. The largest absolute Gasteiger partial charge is 0.329 e. The van der Waals surface area contributed by atoms with Crippen molar-refractivity contribution in [3.8, 4) is 12.3 Å². The Morgan fingerprint density at radius 1 is 1.17 bits per heavy atom. The number of nitrogens with zero attached hydrogens (tertiary/aromatic N) is 1. The summed E-state index contributed by atoms with van der Waals surface area (Å²) in [4.78, 5) is 14.9. The van der Waals surface area contributed by atoms with Crippen molar-refractivity contribution in [2.24, 2.45) is 11.5 Å². The predicted molar refractivity (Wildman–Crippen MR) is 124 cm³/mol. The Morgan fingerprint density at radius 3 is 2.47 bits per heavy atom. The lowest BCUT2D eigenvalue weighted by molar-refractivity contribution is 0.168. The van der Waals surface area contributed by atoms with Gasteiger partial charge in [0.05, 0.1) is 10.9 Å². The summed E-state index contributed by atoms with van der Waals surface area (Å²) in [6.07, 6.45) is 14.1. The van der Waals surface area contributed by atoms with Crippen LogP contribution in [0.4, 0.5) is 10.5 Å². The zero-order valence-electron chi connectivity index (χ0n) is 17.6. The molecule has 30 heavy (non-hydrogen) atoms. The lowest BCUT2D eigenvalue weighted by Gasteiger charge is -2.40.